The fourth-order valence-corrected chi connectivity index (χ4v) is 0.959. The lowest BCUT2D eigenvalue weighted by Gasteiger charge is -2.02. The highest BCUT2D eigenvalue weighted by atomic mass is 16.6. The number of benzene rings is 1. The zero-order chi connectivity index (χ0) is 11.4. The van der Waals surface area contributed by atoms with Crippen LogP contribution in [0, 0.1) is 17.0 Å². The van der Waals surface area contributed by atoms with Crippen molar-refractivity contribution in [1.29, 1.82) is 0 Å². The average Bonchev–Trinajstić information content (AvgIpc) is 2.17. The summed E-state index contributed by atoms with van der Waals surface area (Å²) >= 11 is 0. The van der Waals surface area contributed by atoms with E-state index in [9.17, 15) is 19.7 Å². The number of carbonyl (C=O) groups excluding carboxylic acids is 2. The fourth-order valence-electron chi connectivity index (χ4n) is 0.959. The van der Waals surface area contributed by atoms with Crippen molar-refractivity contribution in [2.75, 3.05) is 0 Å². The maximum absolute atomic E-state index is 10.5. The molecule has 6 nitrogen and oxygen atoms in total. The van der Waals surface area contributed by atoms with Gasteiger partial charge in [-0.25, -0.2) is 0 Å². The summed E-state index contributed by atoms with van der Waals surface area (Å²) in [5.74, 6) is -1.14. The van der Waals surface area contributed by atoms with Crippen molar-refractivity contribution in [3.63, 3.8) is 0 Å². The van der Waals surface area contributed by atoms with Gasteiger partial charge in [0.15, 0.2) is 0 Å². The maximum Gasteiger partial charge on any atom is 0.312 e. The Hall–Kier alpha value is -2.24. The molecule has 6 heteroatoms. The lowest BCUT2D eigenvalue weighted by Crippen LogP contribution is -2.04. The van der Waals surface area contributed by atoms with E-state index < -0.39 is 16.6 Å². The number of rotatable bonds is 3. The first kappa shape index (κ1) is 10.8. The minimum atomic E-state index is -0.906. The molecular formula is C9H6NO5. The number of nitro benzene ring substituents is 1. The normalized spacial score (nSPS) is 9.40. The molecule has 1 radical (unpaired) electrons. The molecule has 0 aliphatic carbocycles. The van der Waals surface area contributed by atoms with Gasteiger partial charge >= 0.3 is 11.7 Å². The molecule has 0 fully saturated rings. The molecule has 0 N–H and O–H groups in total. The van der Waals surface area contributed by atoms with Gasteiger partial charge in [0.1, 0.15) is 6.29 Å². The number of esters is 1. The number of carbonyl (C=O) groups is 2. The molecule has 0 aliphatic rings. The van der Waals surface area contributed by atoms with Crippen LogP contribution in [0.5, 0.6) is 5.75 Å². The number of nitrogens with zero attached hydrogens (tertiary/aromatic N) is 1. The predicted molar refractivity (Wildman–Crippen MR) is 49.5 cm³/mol. The summed E-state index contributed by atoms with van der Waals surface area (Å²) < 4.78 is 4.50. The van der Waals surface area contributed by atoms with E-state index in [2.05, 4.69) is 11.7 Å². The van der Waals surface area contributed by atoms with E-state index in [0.29, 0.717) is 6.29 Å². The molecule has 0 aliphatic heterocycles. The average molecular weight is 208 g/mol. The van der Waals surface area contributed by atoms with Crippen LogP contribution in [-0.2, 0) is 4.79 Å². The van der Waals surface area contributed by atoms with Crippen molar-refractivity contribution < 1.29 is 19.2 Å². The molecular weight excluding hydrogens is 202 g/mol. The van der Waals surface area contributed by atoms with E-state index in [4.69, 9.17) is 0 Å². The van der Waals surface area contributed by atoms with Crippen molar-refractivity contribution in [2.24, 2.45) is 0 Å². The molecule has 0 heterocycles. The Morgan fingerprint density at radius 2 is 2.20 bits per heavy atom. The van der Waals surface area contributed by atoms with Gasteiger partial charge in [0, 0.05) is 11.6 Å². The third-order valence-electron chi connectivity index (χ3n) is 1.54. The van der Waals surface area contributed by atoms with Gasteiger partial charge in [-0.2, -0.15) is 0 Å². The molecule has 0 bridgehead atoms. The summed E-state index contributed by atoms with van der Waals surface area (Å²) in [5, 5.41) is 10.5. The second-order valence-electron chi connectivity index (χ2n) is 2.58. The molecule has 0 unspecified atom stereocenters. The third-order valence-corrected chi connectivity index (χ3v) is 1.54. The van der Waals surface area contributed by atoms with Crippen molar-refractivity contribution in [1.82, 2.24) is 0 Å². The van der Waals surface area contributed by atoms with Crippen LogP contribution in [0.25, 0.3) is 0 Å². The van der Waals surface area contributed by atoms with Crippen LogP contribution < -0.4 is 4.74 Å². The summed E-state index contributed by atoms with van der Waals surface area (Å²) in [5.41, 5.74) is -0.317. The van der Waals surface area contributed by atoms with Gasteiger partial charge in [0.05, 0.1) is 11.8 Å². The largest absolute Gasteiger partial charge is 0.419 e. The molecule has 0 aromatic heterocycles. The topological polar surface area (TPSA) is 86.5 Å². The zero-order valence-corrected chi connectivity index (χ0v) is 7.50. The third kappa shape index (κ3) is 2.60. The minimum absolute atomic E-state index is 0.130. The zero-order valence-electron chi connectivity index (χ0n) is 7.50. The number of aldehydes is 1. The monoisotopic (exact) mass is 208 g/mol. The molecule has 0 atom stereocenters. The van der Waals surface area contributed by atoms with E-state index in [1.165, 1.54) is 12.1 Å². The summed E-state index contributed by atoms with van der Waals surface area (Å²) in [6, 6.07) is 3.49. The second kappa shape index (κ2) is 4.32. The Bertz CT molecular complexity index is 427. The van der Waals surface area contributed by atoms with Crippen LogP contribution in [0.3, 0.4) is 0 Å². The van der Waals surface area contributed by atoms with Gasteiger partial charge in [-0.3, -0.25) is 19.7 Å². The Morgan fingerprint density at radius 3 is 2.67 bits per heavy atom. The minimum Gasteiger partial charge on any atom is -0.419 e. The molecule has 0 saturated carbocycles. The number of ether oxygens (including phenoxy) is 1. The highest BCUT2D eigenvalue weighted by molar-refractivity contribution is 5.80. The molecule has 15 heavy (non-hydrogen) atoms. The molecule has 1 aromatic carbocycles. The van der Waals surface area contributed by atoms with Crippen LogP contribution in [0.4, 0.5) is 5.69 Å². The molecule has 1 aromatic rings. The first-order valence-electron chi connectivity index (χ1n) is 3.82. The molecule has 0 saturated heterocycles. The van der Waals surface area contributed by atoms with Gasteiger partial charge < -0.3 is 4.74 Å². The van der Waals surface area contributed by atoms with Crippen molar-refractivity contribution in [3.05, 3.63) is 40.8 Å². The van der Waals surface area contributed by atoms with E-state index in [-0.39, 0.29) is 11.3 Å². The van der Waals surface area contributed by atoms with E-state index in [0.717, 1.165) is 6.07 Å². The van der Waals surface area contributed by atoms with Gasteiger partial charge in [0.25, 0.3) is 0 Å². The van der Waals surface area contributed by atoms with Crippen LogP contribution in [0.1, 0.15) is 10.4 Å². The van der Waals surface area contributed by atoms with Gasteiger partial charge in [-0.1, -0.05) is 0 Å². The molecule has 0 spiro atoms. The molecule has 0 amide bonds. The summed E-state index contributed by atoms with van der Waals surface area (Å²) in [6.07, 6.45) is 0.461. The Labute approximate surface area is 84.6 Å². The number of hydrogen-bond donors (Lipinski definition) is 0. The highest BCUT2D eigenvalue weighted by Gasteiger charge is 2.17. The van der Waals surface area contributed by atoms with E-state index >= 15 is 0 Å². The van der Waals surface area contributed by atoms with Crippen LogP contribution in [0.2, 0.25) is 0 Å². The summed E-state index contributed by atoms with van der Waals surface area (Å²) in [4.78, 5) is 30.7. The van der Waals surface area contributed by atoms with E-state index in [1.54, 1.807) is 0 Å². The van der Waals surface area contributed by atoms with Crippen LogP contribution in [-0.4, -0.2) is 17.2 Å². The van der Waals surface area contributed by atoms with E-state index in [1.807, 2.05) is 0 Å². The van der Waals surface area contributed by atoms with Crippen molar-refractivity contribution in [3.8, 4) is 5.75 Å². The number of nitro groups is 1. The van der Waals surface area contributed by atoms with Gasteiger partial charge in [0.2, 0.25) is 5.75 Å². The van der Waals surface area contributed by atoms with Gasteiger partial charge in [-0.05, 0) is 12.1 Å². The summed E-state index contributed by atoms with van der Waals surface area (Å²) in [7, 11) is 0. The lowest BCUT2D eigenvalue weighted by molar-refractivity contribution is -0.385. The lowest BCUT2D eigenvalue weighted by atomic mass is 10.2. The first-order valence-corrected chi connectivity index (χ1v) is 3.82. The maximum atomic E-state index is 10.5. The fraction of sp³-hybridized carbons (Fsp3) is 0. The molecule has 77 valence electrons. The van der Waals surface area contributed by atoms with Crippen molar-refractivity contribution in [2.45, 2.75) is 0 Å². The van der Waals surface area contributed by atoms with Crippen LogP contribution >= 0.6 is 0 Å². The predicted octanol–water partition coefficient (Wildman–Crippen LogP) is 1.15. The standard InChI is InChI=1S/C9H6NO5/c1-6(12)15-9-3-2-7(5-11)4-8(9)10(13)14/h2-5H,1H2. The van der Waals surface area contributed by atoms with Gasteiger partial charge in [-0.15, -0.1) is 0 Å². The molecule has 1 rings (SSSR count). The Kier molecular flexibility index (Phi) is 3.12. The second-order valence-corrected chi connectivity index (χ2v) is 2.58. The quantitative estimate of drug-likeness (QED) is 0.244. The first-order chi connectivity index (χ1) is 7.04. The van der Waals surface area contributed by atoms with Crippen LogP contribution in [0.15, 0.2) is 18.2 Å². The SMILES string of the molecule is [CH2]C(=O)Oc1ccc(C=O)cc1[N+](=O)[O-]. The summed E-state index contributed by atoms with van der Waals surface area (Å²) in [6.45, 7) is 2.92. The Morgan fingerprint density at radius 1 is 1.53 bits per heavy atom. The number of hydrogen-bond acceptors (Lipinski definition) is 5. The Balaban J connectivity index is 3.20. The van der Waals surface area contributed by atoms with Crippen molar-refractivity contribution >= 4 is 17.9 Å². The smallest absolute Gasteiger partial charge is 0.312 e. The highest BCUT2D eigenvalue weighted by Crippen LogP contribution is 2.27.